The van der Waals surface area contributed by atoms with E-state index in [1.807, 2.05) is 0 Å². The molecule has 1 heterocycles. The zero-order valence-corrected chi connectivity index (χ0v) is 15.9. The van der Waals surface area contributed by atoms with Crippen molar-refractivity contribution in [1.82, 2.24) is 10.0 Å². The highest BCUT2D eigenvalue weighted by molar-refractivity contribution is 7.92. The molecule has 1 amide bonds. The molecule has 0 fully saturated rings. The number of amides is 1. The zero-order valence-electron chi connectivity index (χ0n) is 15.0. The Labute approximate surface area is 157 Å². The lowest BCUT2D eigenvalue weighted by molar-refractivity contribution is -0.131. The molecule has 0 saturated heterocycles. The number of hydroxylamine groups is 1. The molecule has 0 aliphatic carbocycles. The Hall–Kier alpha value is -2.49. The van der Waals surface area contributed by atoms with E-state index in [9.17, 15) is 18.0 Å². The minimum absolute atomic E-state index is 0.0143. The number of nitrogens with zero attached hydrogens (tertiary/aromatic N) is 1. The summed E-state index contributed by atoms with van der Waals surface area (Å²) in [5, 5.41) is 17.9. The van der Waals surface area contributed by atoms with Gasteiger partial charge in [0.2, 0.25) is 0 Å². The number of benzene rings is 1. The fourth-order valence-electron chi connectivity index (χ4n) is 2.59. The molecule has 2 rings (SSSR count). The van der Waals surface area contributed by atoms with Crippen LogP contribution < -0.4 is 11.0 Å². The largest absolute Gasteiger partial charge is 0.392 e. The first-order valence-electron chi connectivity index (χ1n) is 8.17. The Morgan fingerprint density at radius 3 is 2.30 bits per heavy atom. The second-order valence-corrected chi connectivity index (χ2v) is 8.94. The molecule has 8 nitrogen and oxygen atoms in total. The summed E-state index contributed by atoms with van der Waals surface area (Å²) >= 11 is 0. The Morgan fingerprint density at radius 1 is 1.19 bits per heavy atom. The van der Waals surface area contributed by atoms with Crippen LogP contribution in [0, 0.1) is 0 Å². The summed E-state index contributed by atoms with van der Waals surface area (Å²) in [6, 6.07) is 10.2. The van der Waals surface area contributed by atoms with Gasteiger partial charge in [0.15, 0.2) is 14.6 Å². The molecule has 0 saturated carbocycles. The average molecular weight is 394 g/mol. The highest BCUT2D eigenvalue weighted by Gasteiger charge is 2.43. The van der Waals surface area contributed by atoms with Gasteiger partial charge < -0.3 is 9.67 Å². The Morgan fingerprint density at radius 2 is 1.81 bits per heavy atom. The second kappa shape index (κ2) is 8.03. The molecule has 146 valence electrons. The number of aryl methyl sites for hydroxylation is 1. The zero-order chi connectivity index (χ0) is 20.2. The maximum Gasteiger partial charge on any atom is 0.264 e. The molecule has 1 aromatic heterocycles. The lowest BCUT2D eigenvalue weighted by atomic mass is 10.0. The number of carbonyl (C=O) groups excluding carboxylic acids is 1. The minimum Gasteiger partial charge on any atom is -0.392 e. The van der Waals surface area contributed by atoms with Gasteiger partial charge in [-0.15, -0.1) is 0 Å². The van der Waals surface area contributed by atoms with Gasteiger partial charge in [0.05, 0.1) is 6.61 Å². The van der Waals surface area contributed by atoms with E-state index < -0.39 is 20.5 Å². The van der Waals surface area contributed by atoms with E-state index in [1.54, 1.807) is 30.3 Å². The molecular weight excluding hydrogens is 372 g/mol. The Kier molecular flexibility index (Phi) is 6.19. The van der Waals surface area contributed by atoms with Crippen molar-refractivity contribution in [2.24, 2.45) is 0 Å². The number of aromatic nitrogens is 1. The van der Waals surface area contributed by atoms with Crippen LogP contribution in [0.2, 0.25) is 0 Å². The third-order valence-electron chi connectivity index (χ3n) is 4.70. The molecule has 0 bridgehead atoms. The van der Waals surface area contributed by atoms with Gasteiger partial charge in [-0.05, 0) is 36.1 Å². The number of aliphatic hydroxyl groups excluding tert-OH is 1. The third-order valence-corrected chi connectivity index (χ3v) is 6.72. The van der Waals surface area contributed by atoms with Gasteiger partial charge in [-0.3, -0.25) is 14.8 Å². The van der Waals surface area contributed by atoms with Gasteiger partial charge in [0.1, 0.15) is 0 Å². The Bertz CT molecular complexity index is 982. The molecule has 1 atom stereocenters. The molecule has 1 aromatic carbocycles. The van der Waals surface area contributed by atoms with E-state index in [0.29, 0.717) is 5.56 Å². The molecule has 9 heteroatoms. The highest BCUT2D eigenvalue weighted by atomic mass is 32.2. The summed E-state index contributed by atoms with van der Waals surface area (Å²) in [7, 11) is -3.82. The smallest absolute Gasteiger partial charge is 0.264 e. The number of nitrogens with one attached hydrogen (secondary N) is 1. The van der Waals surface area contributed by atoms with Gasteiger partial charge in [-0.25, -0.2) is 13.9 Å². The van der Waals surface area contributed by atoms with Crippen LogP contribution in [0.1, 0.15) is 18.9 Å². The van der Waals surface area contributed by atoms with Crippen LogP contribution >= 0.6 is 0 Å². The number of hydrogen-bond donors (Lipinski definition) is 3. The Balaban J connectivity index is 2.25. The summed E-state index contributed by atoms with van der Waals surface area (Å²) in [5.74, 6) is -1.04. The number of rotatable bonds is 7. The fraction of sp³-hybridized carbons (Fsp3) is 0.333. The second-order valence-electron chi connectivity index (χ2n) is 6.50. The maximum absolute atomic E-state index is 12.4. The number of carbonyl (C=O) groups is 1. The molecule has 0 unspecified atom stereocenters. The lowest BCUT2D eigenvalue weighted by Crippen LogP contribution is -2.49. The van der Waals surface area contributed by atoms with Crippen molar-refractivity contribution < 1.29 is 23.5 Å². The molecule has 0 radical (unpaired) electrons. The van der Waals surface area contributed by atoms with Crippen LogP contribution in [0.5, 0.6) is 0 Å². The van der Waals surface area contributed by atoms with Crippen LogP contribution in [-0.4, -0.2) is 40.2 Å². The summed E-state index contributed by atoms with van der Waals surface area (Å²) in [5.41, 5.74) is 3.27. The summed E-state index contributed by atoms with van der Waals surface area (Å²) < 4.78 is 23.4. The van der Waals surface area contributed by atoms with Crippen LogP contribution in [0.25, 0.3) is 11.1 Å². The first-order valence-corrected chi connectivity index (χ1v) is 10.1. The van der Waals surface area contributed by atoms with Gasteiger partial charge in [0, 0.05) is 25.1 Å². The van der Waals surface area contributed by atoms with E-state index in [1.165, 1.54) is 29.2 Å². The van der Waals surface area contributed by atoms with Gasteiger partial charge >= 0.3 is 0 Å². The fourth-order valence-corrected chi connectivity index (χ4v) is 3.44. The molecule has 3 N–H and O–H groups in total. The predicted octanol–water partition coefficient (Wildman–Crippen LogP) is 0.706. The van der Waals surface area contributed by atoms with Crippen molar-refractivity contribution >= 4 is 15.7 Å². The van der Waals surface area contributed by atoms with Crippen molar-refractivity contribution in [3.63, 3.8) is 0 Å². The van der Waals surface area contributed by atoms with Gasteiger partial charge in [-0.2, -0.15) is 0 Å². The van der Waals surface area contributed by atoms with Crippen molar-refractivity contribution in [3.05, 3.63) is 58.5 Å². The maximum atomic E-state index is 12.4. The van der Waals surface area contributed by atoms with Crippen LogP contribution in [-0.2, 0) is 27.8 Å². The summed E-state index contributed by atoms with van der Waals surface area (Å²) in [6.07, 6.45) is 2.25. The molecule has 27 heavy (non-hydrogen) atoms. The van der Waals surface area contributed by atoms with Crippen molar-refractivity contribution in [3.8, 4) is 11.1 Å². The van der Waals surface area contributed by atoms with Crippen molar-refractivity contribution in [1.29, 1.82) is 0 Å². The van der Waals surface area contributed by atoms with Gasteiger partial charge in [0.25, 0.3) is 11.5 Å². The van der Waals surface area contributed by atoms with Crippen molar-refractivity contribution in [2.75, 3.05) is 6.26 Å². The molecule has 0 aliphatic rings. The topological polar surface area (TPSA) is 126 Å². The van der Waals surface area contributed by atoms with Crippen LogP contribution in [0.4, 0.5) is 0 Å². The monoisotopic (exact) mass is 394 g/mol. The van der Waals surface area contributed by atoms with Crippen LogP contribution in [0.3, 0.4) is 0 Å². The van der Waals surface area contributed by atoms with E-state index in [4.69, 9.17) is 10.3 Å². The minimum atomic E-state index is -3.82. The van der Waals surface area contributed by atoms with Gasteiger partial charge in [-0.1, -0.05) is 24.3 Å². The van der Waals surface area contributed by atoms with E-state index in [-0.39, 0.29) is 25.1 Å². The number of aliphatic hydroxyl groups is 1. The molecule has 0 aliphatic heterocycles. The quantitative estimate of drug-likeness (QED) is 0.469. The average Bonchev–Trinajstić information content (AvgIpc) is 2.65. The normalized spacial score (nSPS) is 13.8. The highest BCUT2D eigenvalue weighted by Crippen LogP contribution is 2.22. The number of hydrogen-bond acceptors (Lipinski definition) is 6. The summed E-state index contributed by atoms with van der Waals surface area (Å²) in [6.45, 7) is 1.12. The van der Waals surface area contributed by atoms with E-state index in [2.05, 4.69) is 0 Å². The standard InChI is InChI=1S/C18H22N2O6S/c1-18(17(23)19-24,27(2,25)26)8-10-20-9-7-15(11-16(20)22)14-5-3-13(12-21)4-6-14/h3-7,9,11,21,24H,8,10,12H2,1-2H3,(H,19,23)/t18-/m1/s1. The SMILES string of the molecule is C[C@@](CCn1ccc(-c2ccc(CO)cc2)cc1=O)(C(=O)NO)S(C)(=O)=O. The summed E-state index contributed by atoms with van der Waals surface area (Å²) in [4.78, 5) is 24.2. The molecule has 0 spiro atoms. The molecule has 2 aromatic rings. The predicted molar refractivity (Wildman–Crippen MR) is 99.9 cm³/mol. The number of sulfone groups is 1. The van der Waals surface area contributed by atoms with Crippen LogP contribution in [0.15, 0.2) is 47.4 Å². The third kappa shape index (κ3) is 4.44. The first kappa shape index (κ1) is 20.8. The number of pyridine rings is 1. The first-order chi connectivity index (χ1) is 12.6. The van der Waals surface area contributed by atoms with E-state index >= 15 is 0 Å². The van der Waals surface area contributed by atoms with E-state index in [0.717, 1.165) is 17.4 Å². The van der Waals surface area contributed by atoms with Crippen molar-refractivity contribution in [2.45, 2.75) is 31.2 Å². The molecular formula is C18H22N2O6S. The lowest BCUT2D eigenvalue weighted by Gasteiger charge is -2.25.